The van der Waals surface area contributed by atoms with Gasteiger partial charge in [0.25, 0.3) is 5.91 Å². The Labute approximate surface area is 171 Å². The van der Waals surface area contributed by atoms with Crippen molar-refractivity contribution in [3.63, 3.8) is 0 Å². The monoisotopic (exact) mass is 406 g/mol. The predicted octanol–water partition coefficient (Wildman–Crippen LogP) is 3.81. The van der Waals surface area contributed by atoms with Crippen LogP contribution in [0.25, 0.3) is 0 Å². The van der Waals surface area contributed by atoms with Gasteiger partial charge in [-0.25, -0.2) is 9.96 Å². The topological polar surface area (TPSA) is 59.1 Å². The maximum absolute atomic E-state index is 13.4. The van der Waals surface area contributed by atoms with E-state index < -0.39 is 12.0 Å². The van der Waals surface area contributed by atoms with Crippen LogP contribution in [0.5, 0.6) is 5.75 Å². The number of anilines is 2. The van der Waals surface area contributed by atoms with Crippen molar-refractivity contribution in [3.05, 3.63) is 77.0 Å². The number of hydrogen-bond donors (Lipinski definition) is 0. The van der Waals surface area contributed by atoms with Crippen molar-refractivity contribution in [2.45, 2.75) is 12.1 Å². The number of fused-ring (bicyclic) bond motifs is 1. The summed E-state index contributed by atoms with van der Waals surface area (Å²) >= 11 is 1.55. The molecule has 0 spiro atoms. The standard InChI is InChI=1S/C22H18N2O4S/c1-27-16-11-9-14(10-12-16)23-21(25)18-19(17-8-5-13-29-17)24(28-20(18)22(23)26)15-6-3-2-4-7-15/h2-13,18-20H,1H3/t18-,19-,20-/m1/s1. The molecule has 2 aromatic carbocycles. The third-order valence-electron chi connectivity index (χ3n) is 5.29. The molecule has 3 atom stereocenters. The van der Waals surface area contributed by atoms with Crippen LogP contribution in [0.15, 0.2) is 72.1 Å². The number of carbonyl (C=O) groups excluding carboxylic acids is 2. The molecule has 7 heteroatoms. The smallest absolute Gasteiger partial charge is 0.266 e. The molecule has 2 aliphatic rings. The van der Waals surface area contributed by atoms with Gasteiger partial charge < -0.3 is 4.74 Å². The summed E-state index contributed by atoms with van der Waals surface area (Å²) in [7, 11) is 1.57. The molecule has 5 rings (SSSR count). The quantitative estimate of drug-likeness (QED) is 0.617. The van der Waals surface area contributed by atoms with Crippen LogP contribution < -0.4 is 14.7 Å². The number of amides is 2. The van der Waals surface area contributed by atoms with Gasteiger partial charge >= 0.3 is 0 Å². The highest BCUT2D eigenvalue weighted by Gasteiger charge is 2.60. The number of para-hydroxylation sites is 1. The van der Waals surface area contributed by atoms with Gasteiger partial charge in [0.2, 0.25) is 5.91 Å². The molecule has 29 heavy (non-hydrogen) atoms. The summed E-state index contributed by atoms with van der Waals surface area (Å²) in [5.41, 5.74) is 1.34. The highest BCUT2D eigenvalue weighted by Crippen LogP contribution is 2.48. The number of hydrogen-bond acceptors (Lipinski definition) is 6. The summed E-state index contributed by atoms with van der Waals surface area (Å²) in [6, 6.07) is 20.0. The fourth-order valence-electron chi connectivity index (χ4n) is 3.95. The molecular weight excluding hydrogens is 388 g/mol. The molecule has 3 heterocycles. The molecule has 2 fully saturated rings. The van der Waals surface area contributed by atoms with Crippen molar-refractivity contribution in [1.82, 2.24) is 0 Å². The number of thiophene rings is 1. The molecule has 0 saturated carbocycles. The largest absolute Gasteiger partial charge is 0.497 e. The zero-order valence-corrected chi connectivity index (χ0v) is 16.4. The third kappa shape index (κ3) is 2.82. The average molecular weight is 406 g/mol. The highest BCUT2D eigenvalue weighted by atomic mass is 32.1. The van der Waals surface area contributed by atoms with Crippen molar-refractivity contribution in [2.75, 3.05) is 17.1 Å². The predicted molar refractivity (Wildman–Crippen MR) is 110 cm³/mol. The summed E-state index contributed by atoms with van der Waals surface area (Å²) < 4.78 is 5.17. The molecule has 1 aromatic heterocycles. The first-order valence-corrected chi connectivity index (χ1v) is 10.1. The lowest BCUT2D eigenvalue weighted by molar-refractivity contribution is -0.126. The minimum absolute atomic E-state index is 0.248. The van der Waals surface area contributed by atoms with Gasteiger partial charge in [0.05, 0.1) is 18.5 Å². The highest BCUT2D eigenvalue weighted by molar-refractivity contribution is 7.10. The molecule has 0 bridgehead atoms. The molecule has 3 aromatic rings. The van der Waals surface area contributed by atoms with E-state index in [4.69, 9.17) is 9.57 Å². The molecule has 0 aliphatic carbocycles. The number of rotatable bonds is 4. The second-order valence-corrected chi connectivity index (χ2v) is 7.86. The molecule has 2 saturated heterocycles. The Balaban J connectivity index is 1.54. The van der Waals surface area contributed by atoms with Crippen molar-refractivity contribution in [1.29, 1.82) is 0 Å². The zero-order chi connectivity index (χ0) is 20.0. The van der Waals surface area contributed by atoms with Crippen LogP contribution >= 0.6 is 11.3 Å². The fourth-order valence-corrected chi connectivity index (χ4v) is 4.80. The number of nitrogens with zero attached hydrogens (tertiary/aromatic N) is 2. The van der Waals surface area contributed by atoms with Gasteiger partial charge in [-0.05, 0) is 47.8 Å². The van der Waals surface area contributed by atoms with Crippen LogP contribution in [-0.2, 0) is 14.4 Å². The average Bonchev–Trinajstić information content (AvgIpc) is 3.47. The SMILES string of the molecule is COc1ccc(N2C(=O)[C@@H]3[C@@H](c4cccs4)N(c4ccccc4)O[C@H]3C2=O)cc1. The van der Waals surface area contributed by atoms with Gasteiger partial charge in [0.15, 0.2) is 6.10 Å². The molecule has 0 unspecified atom stereocenters. The molecular formula is C22H18N2O4S. The van der Waals surface area contributed by atoms with Crippen LogP contribution in [-0.4, -0.2) is 25.0 Å². The van der Waals surface area contributed by atoms with E-state index in [0.717, 1.165) is 10.6 Å². The Morgan fingerprint density at radius 1 is 0.897 bits per heavy atom. The molecule has 0 N–H and O–H groups in total. The van der Waals surface area contributed by atoms with Gasteiger partial charge in [0, 0.05) is 4.88 Å². The lowest BCUT2D eigenvalue weighted by Crippen LogP contribution is -2.37. The van der Waals surface area contributed by atoms with Crippen molar-refractivity contribution in [3.8, 4) is 5.75 Å². The summed E-state index contributed by atoms with van der Waals surface area (Å²) in [6.07, 6.45) is -0.850. The van der Waals surface area contributed by atoms with E-state index in [0.29, 0.717) is 11.4 Å². The lowest BCUT2D eigenvalue weighted by Gasteiger charge is -2.27. The number of hydroxylamine groups is 1. The summed E-state index contributed by atoms with van der Waals surface area (Å²) in [4.78, 5) is 34.9. The Morgan fingerprint density at radius 2 is 1.66 bits per heavy atom. The Bertz CT molecular complexity index is 1040. The first-order chi connectivity index (χ1) is 14.2. The van der Waals surface area contributed by atoms with E-state index in [1.54, 1.807) is 47.8 Å². The minimum Gasteiger partial charge on any atom is -0.497 e. The Hall–Kier alpha value is -3.16. The van der Waals surface area contributed by atoms with Gasteiger partial charge in [0.1, 0.15) is 17.7 Å². The summed E-state index contributed by atoms with van der Waals surface area (Å²) in [5, 5.41) is 3.68. The molecule has 6 nitrogen and oxygen atoms in total. The van der Waals surface area contributed by atoms with E-state index in [-0.39, 0.29) is 17.9 Å². The number of methoxy groups -OCH3 is 1. The minimum atomic E-state index is -0.850. The number of benzene rings is 2. The van der Waals surface area contributed by atoms with Crippen LogP contribution in [0.1, 0.15) is 10.9 Å². The molecule has 2 amide bonds. The van der Waals surface area contributed by atoms with Crippen molar-refractivity contribution in [2.24, 2.45) is 5.92 Å². The number of imide groups is 1. The van der Waals surface area contributed by atoms with Crippen molar-refractivity contribution < 1.29 is 19.2 Å². The maximum atomic E-state index is 13.4. The van der Waals surface area contributed by atoms with Gasteiger partial charge in [-0.15, -0.1) is 11.3 Å². The van der Waals surface area contributed by atoms with E-state index in [1.165, 1.54) is 4.90 Å². The van der Waals surface area contributed by atoms with Gasteiger partial charge in [-0.2, -0.15) is 0 Å². The first kappa shape index (κ1) is 17.9. The number of ether oxygens (including phenoxy) is 1. The number of carbonyl (C=O) groups is 2. The fraction of sp³-hybridized carbons (Fsp3) is 0.182. The third-order valence-corrected chi connectivity index (χ3v) is 6.23. The normalized spacial score (nSPS) is 23.6. The van der Waals surface area contributed by atoms with Crippen LogP contribution in [0, 0.1) is 5.92 Å². The lowest BCUT2D eigenvalue weighted by atomic mass is 9.95. The van der Waals surface area contributed by atoms with Crippen LogP contribution in [0.4, 0.5) is 11.4 Å². The molecule has 146 valence electrons. The van der Waals surface area contributed by atoms with E-state index in [9.17, 15) is 9.59 Å². The first-order valence-electron chi connectivity index (χ1n) is 9.25. The second-order valence-electron chi connectivity index (χ2n) is 6.88. The van der Waals surface area contributed by atoms with E-state index in [2.05, 4.69) is 0 Å². The Morgan fingerprint density at radius 3 is 2.31 bits per heavy atom. The summed E-state index contributed by atoms with van der Waals surface area (Å²) in [6.45, 7) is 0. The summed E-state index contributed by atoms with van der Waals surface area (Å²) in [5.74, 6) is -0.536. The van der Waals surface area contributed by atoms with Crippen molar-refractivity contribution >= 4 is 34.5 Å². The Kier molecular flexibility index (Phi) is 4.34. The van der Waals surface area contributed by atoms with Gasteiger partial charge in [-0.1, -0.05) is 24.3 Å². The van der Waals surface area contributed by atoms with E-state index in [1.807, 2.05) is 47.8 Å². The maximum Gasteiger partial charge on any atom is 0.266 e. The second kappa shape index (κ2) is 7.02. The molecule has 0 radical (unpaired) electrons. The van der Waals surface area contributed by atoms with Gasteiger partial charge in [-0.3, -0.25) is 14.4 Å². The molecule has 2 aliphatic heterocycles. The zero-order valence-electron chi connectivity index (χ0n) is 15.6. The van der Waals surface area contributed by atoms with Crippen LogP contribution in [0.2, 0.25) is 0 Å². The van der Waals surface area contributed by atoms with Crippen LogP contribution in [0.3, 0.4) is 0 Å². The van der Waals surface area contributed by atoms with E-state index >= 15 is 0 Å².